The monoisotopic (exact) mass is 913 g/mol. The predicted molar refractivity (Wildman–Crippen MR) is 283 cm³/mol. The molecule has 0 N–H and O–H groups in total. The Hall–Kier alpha value is -4.19. The van der Waals surface area contributed by atoms with Crippen molar-refractivity contribution in [1.29, 1.82) is 0 Å². The number of unbranched alkanes of at least 4 members (excludes halogenated alkanes) is 15. The molecule has 0 fully saturated rings. The van der Waals surface area contributed by atoms with Crippen molar-refractivity contribution in [3.63, 3.8) is 0 Å². The molecule has 0 aromatic heterocycles. The van der Waals surface area contributed by atoms with E-state index in [1.807, 2.05) is 0 Å². The van der Waals surface area contributed by atoms with Gasteiger partial charge < -0.3 is 14.2 Å². The van der Waals surface area contributed by atoms with Gasteiger partial charge in [0.1, 0.15) is 13.2 Å². The van der Waals surface area contributed by atoms with Crippen LogP contribution < -0.4 is 0 Å². The first-order valence-electron chi connectivity index (χ1n) is 26.5. The normalized spacial score (nSPS) is 13.1. The quantitative estimate of drug-likeness (QED) is 0.0262. The Morgan fingerprint density at radius 1 is 0.318 bits per heavy atom. The molecule has 6 nitrogen and oxygen atoms in total. The van der Waals surface area contributed by atoms with E-state index in [2.05, 4.69) is 142 Å². The number of carbonyl (C=O) groups is 3. The summed E-state index contributed by atoms with van der Waals surface area (Å²) in [6.07, 6.45) is 73.3. The molecule has 372 valence electrons. The number of esters is 3. The second-order valence-corrected chi connectivity index (χ2v) is 17.0. The van der Waals surface area contributed by atoms with E-state index >= 15 is 0 Å². The van der Waals surface area contributed by atoms with E-state index in [9.17, 15) is 14.4 Å². The Morgan fingerprint density at radius 2 is 0.591 bits per heavy atom. The fourth-order valence-electron chi connectivity index (χ4n) is 6.79. The van der Waals surface area contributed by atoms with Gasteiger partial charge >= 0.3 is 17.9 Å². The summed E-state index contributed by atoms with van der Waals surface area (Å²) in [5.41, 5.74) is 0. The Balaban J connectivity index is 4.52. The largest absolute Gasteiger partial charge is 0.462 e. The van der Waals surface area contributed by atoms with E-state index in [0.717, 1.165) is 109 Å². The third kappa shape index (κ3) is 50.8. The highest BCUT2D eigenvalue weighted by Gasteiger charge is 2.19. The van der Waals surface area contributed by atoms with Crippen LogP contribution in [0.1, 0.15) is 220 Å². The van der Waals surface area contributed by atoms with Crippen molar-refractivity contribution in [2.45, 2.75) is 226 Å². The van der Waals surface area contributed by atoms with Gasteiger partial charge in [-0.1, -0.05) is 213 Å². The average molecular weight is 913 g/mol. The molecule has 0 saturated heterocycles. The second-order valence-electron chi connectivity index (χ2n) is 17.0. The molecule has 0 aromatic carbocycles. The molecule has 0 amide bonds. The van der Waals surface area contributed by atoms with Crippen LogP contribution >= 0.6 is 0 Å². The van der Waals surface area contributed by atoms with Gasteiger partial charge in [0, 0.05) is 19.3 Å². The number of hydrogen-bond donors (Lipinski definition) is 0. The fraction of sp³-hybridized carbons (Fsp3) is 0.617. The van der Waals surface area contributed by atoms with Gasteiger partial charge in [0.2, 0.25) is 0 Å². The Kier molecular flexibility index (Phi) is 50.0. The minimum absolute atomic E-state index is 0.110. The predicted octanol–water partition coefficient (Wildman–Crippen LogP) is 17.7. The average Bonchev–Trinajstić information content (AvgIpc) is 3.31. The first-order chi connectivity index (χ1) is 32.5. The Morgan fingerprint density at radius 3 is 0.924 bits per heavy atom. The van der Waals surface area contributed by atoms with E-state index < -0.39 is 6.10 Å². The molecule has 0 aromatic rings. The van der Waals surface area contributed by atoms with Crippen molar-refractivity contribution in [3.05, 3.63) is 122 Å². The molecule has 0 aliphatic carbocycles. The Labute approximate surface area is 405 Å². The van der Waals surface area contributed by atoms with E-state index in [0.29, 0.717) is 25.7 Å². The number of ether oxygens (including phenoxy) is 3. The van der Waals surface area contributed by atoms with Crippen LogP contribution in [0.2, 0.25) is 0 Å². The van der Waals surface area contributed by atoms with Gasteiger partial charge in [-0.3, -0.25) is 14.4 Å². The topological polar surface area (TPSA) is 78.9 Å². The lowest BCUT2D eigenvalue weighted by atomic mass is 10.0. The molecule has 6 heteroatoms. The van der Waals surface area contributed by atoms with Gasteiger partial charge in [0.05, 0.1) is 0 Å². The van der Waals surface area contributed by atoms with E-state index in [1.54, 1.807) is 0 Å². The summed E-state index contributed by atoms with van der Waals surface area (Å²) in [7, 11) is 0. The highest BCUT2D eigenvalue weighted by molar-refractivity contribution is 5.71. The first kappa shape index (κ1) is 61.8. The summed E-state index contributed by atoms with van der Waals surface area (Å²) < 4.78 is 16.7. The van der Waals surface area contributed by atoms with Crippen LogP contribution in [0.4, 0.5) is 0 Å². The third-order valence-corrected chi connectivity index (χ3v) is 10.7. The third-order valence-electron chi connectivity index (χ3n) is 10.7. The highest BCUT2D eigenvalue weighted by atomic mass is 16.6. The SMILES string of the molecule is CC/C=C\C/C=C\C/C=C\C/C=C\C/C=C\C/C=C\CCCCC(=O)OCC(COC(=O)CCCCCCCCCCCCCC)OC(=O)CCCC/C=C\C/C=C\C/C=C\C/C=C\CC. The van der Waals surface area contributed by atoms with Crippen molar-refractivity contribution in [2.24, 2.45) is 0 Å². The molecule has 0 aliphatic heterocycles. The van der Waals surface area contributed by atoms with Crippen molar-refractivity contribution in [3.8, 4) is 0 Å². The van der Waals surface area contributed by atoms with Crippen molar-refractivity contribution >= 4 is 17.9 Å². The van der Waals surface area contributed by atoms with Crippen LogP contribution in [0, 0.1) is 0 Å². The minimum atomic E-state index is -0.819. The Bertz CT molecular complexity index is 1420. The number of rotatable bonds is 46. The summed E-state index contributed by atoms with van der Waals surface area (Å²) in [4.78, 5) is 38.0. The molecular formula is C60H96O6. The molecule has 1 unspecified atom stereocenters. The van der Waals surface area contributed by atoms with E-state index in [1.165, 1.54) is 57.8 Å². The summed E-state index contributed by atoms with van der Waals surface area (Å²) in [5, 5.41) is 0. The zero-order chi connectivity index (χ0) is 47.9. The molecule has 0 aliphatic rings. The van der Waals surface area contributed by atoms with Crippen molar-refractivity contribution in [1.82, 2.24) is 0 Å². The van der Waals surface area contributed by atoms with E-state index in [4.69, 9.17) is 14.2 Å². The van der Waals surface area contributed by atoms with Crippen molar-refractivity contribution < 1.29 is 28.6 Å². The molecule has 0 bridgehead atoms. The smallest absolute Gasteiger partial charge is 0.306 e. The number of hydrogen-bond acceptors (Lipinski definition) is 6. The maximum Gasteiger partial charge on any atom is 0.306 e. The molecule has 0 spiro atoms. The van der Waals surface area contributed by atoms with Gasteiger partial charge in [0.15, 0.2) is 6.10 Å². The van der Waals surface area contributed by atoms with Crippen LogP contribution in [0.15, 0.2) is 122 Å². The molecule has 0 rings (SSSR count). The highest BCUT2D eigenvalue weighted by Crippen LogP contribution is 2.14. The number of allylic oxidation sites excluding steroid dienone is 20. The summed E-state index contributed by atoms with van der Waals surface area (Å²) in [6.45, 7) is 6.32. The molecular weight excluding hydrogens is 817 g/mol. The first-order valence-corrected chi connectivity index (χ1v) is 26.5. The lowest BCUT2D eigenvalue weighted by Crippen LogP contribution is -2.30. The molecule has 0 heterocycles. The van der Waals surface area contributed by atoms with Gasteiger partial charge in [-0.2, -0.15) is 0 Å². The van der Waals surface area contributed by atoms with Crippen LogP contribution in [0.5, 0.6) is 0 Å². The molecule has 0 radical (unpaired) electrons. The van der Waals surface area contributed by atoms with Gasteiger partial charge in [-0.25, -0.2) is 0 Å². The van der Waals surface area contributed by atoms with Gasteiger partial charge in [0.25, 0.3) is 0 Å². The van der Waals surface area contributed by atoms with Crippen LogP contribution in [-0.2, 0) is 28.6 Å². The minimum Gasteiger partial charge on any atom is -0.462 e. The maximum atomic E-state index is 12.8. The lowest BCUT2D eigenvalue weighted by Gasteiger charge is -2.18. The summed E-state index contributed by atoms with van der Waals surface area (Å²) in [6, 6.07) is 0. The molecule has 66 heavy (non-hydrogen) atoms. The van der Waals surface area contributed by atoms with Crippen LogP contribution in [0.25, 0.3) is 0 Å². The zero-order valence-electron chi connectivity index (χ0n) is 42.4. The standard InChI is InChI=1S/C60H96O6/c1-4-7-10-13-16-19-22-25-27-28-29-30-31-32-34-35-38-41-44-47-50-53-59(62)65-56-57(55-64-58(61)52-49-46-43-40-37-24-21-18-15-12-9-6-3)66-60(63)54-51-48-45-42-39-36-33-26-23-20-17-14-11-8-5-2/h7-8,10-11,16-17,19-20,25-27,29-30,32-34,38-39,41-42,57H,4-6,9,12-15,18,21-24,28,31,35-37,40,43-56H2,1-3H3/b10-7-,11-8-,19-16-,20-17-,27-25-,30-29-,33-26-,34-32-,41-38-,42-39-. The summed E-state index contributed by atoms with van der Waals surface area (Å²) >= 11 is 0. The van der Waals surface area contributed by atoms with Crippen molar-refractivity contribution in [2.75, 3.05) is 13.2 Å². The molecule has 1 atom stereocenters. The summed E-state index contributed by atoms with van der Waals surface area (Å²) in [5.74, 6) is -1.00. The van der Waals surface area contributed by atoms with Gasteiger partial charge in [-0.05, 0) is 109 Å². The van der Waals surface area contributed by atoms with Crippen LogP contribution in [-0.4, -0.2) is 37.2 Å². The van der Waals surface area contributed by atoms with Crippen LogP contribution in [0.3, 0.4) is 0 Å². The van der Waals surface area contributed by atoms with E-state index in [-0.39, 0.29) is 37.5 Å². The lowest BCUT2D eigenvalue weighted by molar-refractivity contribution is -0.167. The maximum absolute atomic E-state index is 12.8. The number of carbonyl (C=O) groups excluding carboxylic acids is 3. The second kappa shape index (κ2) is 53.4. The zero-order valence-corrected chi connectivity index (χ0v) is 42.4. The molecule has 0 saturated carbocycles. The van der Waals surface area contributed by atoms with Gasteiger partial charge in [-0.15, -0.1) is 0 Å². The fourth-order valence-corrected chi connectivity index (χ4v) is 6.79.